The van der Waals surface area contributed by atoms with Crippen molar-refractivity contribution in [2.75, 3.05) is 18.4 Å². The molecular weight excluding hydrogens is 326 g/mol. The van der Waals surface area contributed by atoms with Gasteiger partial charge >= 0.3 is 0 Å². The van der Waals surface area contributed by atoms with E-state index in [1.807, 2.05) is 42.2 Å². The first-order valence-electron chi connectivity index (χ1n) is 8.82. The molecule has 1 aliphatic rings. The number of hydrogen-bond donors (Lipinski definition) is 1. The SMILES string of the molecule is C=CC(=O)N1CCC(c2cccc(NC(=O)c3ncccc3C)c2)CC1. The zero-order valence-corrected chi connectivity index (χ0v) is 14.9. The molecule has 1 aromatic carbocycles. The zero-order valence-electron chi connectivity index (χ0n) is 14.9. The smallest absolute Gasteiger partial charge is 0.274 e. The molecular formula is C21H23N3O2. The summed E-state index contributed by atoms with van der Waals surface area (Å²) in [5, 5.41) is 2.94. The quantitative estimate of drug-likeness (QED) is 0.859. The minimum absolute atomic E-state index is 0.00445. The molecule has 1 aliphatic heterocycles. The van der Waals surface area contributed by atoms with E-state index in [-0.39, 0.29) is 11.8 Å². The predicted octanol–water partition coefficient (Wildman–Crippen LogP) is 3.53. The lowest BCUT2D eigenvalue weighted by Gasteiger charge is -2.31. The number of pyridine rings is 1. The molecule has 5 heteroatoms. The van der Waals surface area contributed by atoms with E-state index in [4.69, 9.17) is 0 Å². The van der Waals surface area contributed by atoms with Crippen LogP contribution in [0.15, 0.2) is 55.3 Å². The highest BCUT2D eigenvalue weighted by atomic mass is 16.2. The maximum atomic E-state index is 12.4. The molecule has 3 rings (SSSR count). The van der Waals surface area contributed by atoms with Crippen molar-refractivity contribution in [1.82, 2.24) is 9.88 Å². The number of rotatable bonds is 4. The van der Waals surface area contributed by atoms with Crippen LogP contribution in [0.2, 0.25) is 0 Å². The van der Waals surface area contributed by atoms with Crippen LogP contribution in [0.1, 0.15) is 40.4 Å². The highest BCUT2D eigenvalue weighted by Crippen LogP contribution is 2.29. The number of carbonyl (C=O) groups excluding carboxylic acids is 2. The monoisotopic (exact) mass is 349 g/mol. The van der Waals surface area contributed by atoms with Crippen LogP contribution < -0.4 is 5.32 Å². The molecule has 0 atom stereocenters. The molecule has 2 aromatic rings. The molecule has 2 heterocycles. The number of nitrogens with one attached hydrogen (secondary N) is 1. The fourth-order valence-corrected chi connectivity index (χ4v) is 3.35. The second-order valence-electron chi connectivity index (χ2n) is 6.55. The number of nitrogens with zero attached hydrogens (tertiary/aromatic N) is 2. The first kappa shape index (κ1) is 17.9. The number of amides is 2. The number of piperidine rings is 1. The molecule has 2 amide bonds. The summed E-state index contributed by atoms with van der Waals surface area (Å²) in [4.78, 5) is 30.1. The van der Waals surface area contributed by atoms with Gasteiger partial charge in [-0.05, 0) is 61.1 Å². The van der Waals surface area contributed by atoms with Gasteiger partial charge in [0, 0.05) is 25.0 Å². The highest BCUT2D eigenvalue weighted by Gasteiger charge is 2.22. The van der Waals surface area contributed by atoms with Gasteiger partial charge in [0.1, 0.15) is 5.69 Å². The molecule has 1 fully saturated rings. The van der Waals surface area contributed by atoms with Gasteiger partial charge in [-0.3, -0.25) is 14.6 Å². The summed E-state index contributed by atoms with van der Waals surface area (Å²) in [6.07, 6.45) is 4.82. The van der Waals surface area contributed by atoms with Crippen LogP contribution in [0.5, 0.6) is 0 Å². The minimum Gasteiger partial charge on any atom is -0.339 e. The van der Waals surface area contributed by atoms with E-state index < -0.39 is 0 Å². The van der Waals surface area contributed by atoms with Crippen molar-refractivity contribution >= 4 is 17.5 Å². The summed E-state index contributed by atoms with van der Waals surface area (Å²) in [7, 11) is 0. The van der Waals surface area contributed by atoms with Gasteiger partial charge in [0.15, 0.2) is 0 Å². The summed E-state index contributed by atoms with van der Waals surface area (Å²) in [6, 6.07) is 11.6. The van der Waals surface area contributed by atoms with Gasteiger partial charge in [-0.2, -0.15) is 0 Å². The summed E-state index contributed by atoms with van der Waals surface area (Å²) in [6.45, 7) is 6.89. The molecule has 1 aromatic heterocycles. The van der Waals surface area contributed by atoms with Crippen molar-refractivity contribution < 1.29 is 9.59 Å². The molecule has 1 saturated heterocycles. The van der Waals surface area contributed by atoms with E-state index in [0.717, 1.165) is 37.2 Å². The Labute approximate surface area is 153 Å². The van der Waals surface area contributed by atoms with Crippen LogP contribution in [0.25, 0.3) is 0 Å². The summed E-state index contributed by atoms with van der Waals surface area (Å²) in [5.41, 5.74) is 3.24. The Balaban J connectivity index is 1.67. The fraction of sp³-hybridized carbons (Fsp3) is 0.286. The lowest BCUT2D eigenvalue weighted by molar-refractivity contribution is -0.127. The third-order valence-electron chi connectivity index (χ3n) is 4.82. The first-order chi connectivity index (χ1) is 12.6. The van der Waals surface area contributed by atoms with Gasteiger partial charge in [0.2, 0.25) is 5.91 Å². The minimum atomic E-state index is -0.202. The average molecular weight is 349 g/mol. The molecule has 26 heavy (non-hydrogen) atoms. The fourth-order valence-electron chi connectivity index (χ4n) is 3.35. The average Bonchev–Trinajstić information content (AvgIpc) is 2.68. The van der Waals surface area contributed by atoms with Crippen LogP contribution in [-0.4, -0.2) is 34.8 Å². The van der Waals surface area contributed by atoms with Crippen LogP contribution in [0.3, 0.4) is 0 Å². The van der Waals surface area contributed by atoms with Gasteiger partial charge in [0.25, 0.3) is 5.91 Å². The Morgan fingerprint density at radius 1 is 1.23 bits per heavy atom. The van der Waals surface area contributed by atoms with E-state index >= 15 is 0 Å². The van der Waals surface area contributed by atoms with E-state index in [9.17, 15) is 9.59 Å². The van der Waals surface area contributed by atoms with E-state index in [1.165, 1.54) is 11.6 Å². The molecule has 0 unspecified atom stereocenters. The Morgan fingerprint density at radius 3 is 2.69 bits per heavy atom. The predicted molar refractivity (Wildman–Crippen MR) is 102 cm³/mol. The van der Waals surface area contributed by atoms with Crippen molar-refractivity contribution in [2.24, 2.45) is 0 Å². The van der Waals surface area contributed by atoms with Crippen molar-refractivity contribution in [2.45, 2.75) is 25.7 Å². The maximum absolute atomic E-state index is 12.4. The van der Waals surface area contributed by atoms with Crippen LogP contribution in [-0.2, 0) is 4.79 Å². The molecule has 0 radical (unpaired) electrons. The zero-order chi connectivity index (χ0) is 18.5. The molecule has 0 bridgehead atoms. The Hall–Kier alpha value is -2.95. The van der Waals surface area contributed by atoms with Crippen LogP contribution in [0, 0.1) is 6.92 Å². The number of likely N-dealkylation sites (tertiary alicyclic amines) is 1. The Kier molecular flexibility index (Phi) is 5.46. The van der Waals surface area contributed by atoms with E-state index in [2.05, 4.69) is 22.9 Å². The van der Waals surface area contributed by atoms with Crippen molar-refractivity contribution in [1.29, 1.82) is 0 Å². The number of anilines is 1. The Morgan fingerprint density at radius 2 is 2.00 bits per heavy atom. The van der Waals surface area contributed by atoms with Gasteiger partial charge in [0.05, 0.1) is 0 Å². The van der Waals surface area contributed by atoms with Gasteiger partial charge in [-0.1, -0.05) is 24.8 Å². The highest BCUT2D eigenvalue weighted by molar-refractivity contribution is 6.03. The molecule has 0 saturated carbocycles. The standard InChI is InChI=1S/C21H23N3O2/c1-3-19(25)24-12-9-16(10-13-24)17-7-4-8-18(14-17)23-21(26)20-15(2)6-5-11-22-20/h3-8,11,14,16H,1,9-10,12-13H2,2H3,(H,23,26). The number of aryl methyl sites for hydroxylation is 1. The summed E-state index contributed by atoms with van der Waals surface area (Å²) >= 11 is 0. The molecule has 0 aliphatic carbocycles. The Bertz CT molecular complexity index is 824. The molecule has 0 spiro atoms. The summed E-state index contributed by atoms with van der Waals surface area (Å²) in [5.74, 6) is 0.180. The lowest BCUT2D eigenvalue weighted by atomic mass is 9.89. The van der Waals surface area contributed by atoms with Crippen molar-refractivity contribution in [3.05, 3.63) is 72.1 Å². The van der Waals surface area contributed by atoms with Crippen LogP contribution >= 0.6 is 0 Å². The number of carbonyl (C=O) groups is 2. The van der Waals surface area contributed by atoms with Gasteiger partial charge < -0.3 is 10.2 Å². The second kappa shape index (κ2) is 7.95. The first-order valence-corrected chi connectivity index (χ1v) is 8.82. The van der Waals surface area contributed by atoms with Gasteiger partial charge in [-0.15, -0.1) is 0 Å². The normalized spacial score (nSPS) is 14.7. The largest absolute Gasteiger partial charge is 0.339 e. The van der Waals surface area contributed by atoms with E-state index in [1.54, 1.807) is 6.20 Å². The number of benzene rings is 1. The number of aromatic nitrogens is 1. The third kappa shape index (κ3) is 3.99. The van der Waals surface area contributed by atoms with Crippen LogP contribution in [0.4, 0.5) is 5.69 Å². The summed E-state index contributed by atoms with van der Waals surface area (Å²) < 4.78 is 0. The maximum Gasteiger partial charge on any atom is 0.274 e. The third-order valence-corrected chi connectivity index (χ3v) is 4.82. The lowest BCUT2D eigenvalue weighted by Crippen LogP contribution is -2.36. The second-order valence-corrected chi connectivity index (χ2v) is 6.55. The molecule has 1 N–H and O–H groups in total. The van der Waals surface area contributed by atoms with Crippen molar-refractivity contribution in [3.8, 4) is 0 Å². The molecule has 134 valence electrons. The van der Waals surface area contributed by atoms with Gasteiger partial charge in [-0.25, -0.2) is 0 Å². The van der Waals surface area contributed by atoms with Crippen molar-refractivity contribution in [3.63, 3.8) is 0 Å². The molecule has 5 nitrogen and oxygen atoms in total. The number of hydrogen-bond acceptors (Lipinski definition) is 3. The topological polar surface area (TPSA) is 62.3 Å². The van der Waals surface area contributed by atoms with E-state index in [0.29, 0.717) is 11.6 Å².